The highest BCUT2D eigenvalue weighted by atomic mass is 35.5. The fourth-order valence-corrected chi connectivity index (χ4v) is 4.34. The molecule has 2 aromatic carbocycles. The number of thiazole rings is 1. The minimum atomic E-state index is -0.305. The number of halogens is 2. The van der Waals surface area contributed by atoms with Crippen LogP contribution in [0.15, 0.2) is 42.5 Å². The molecule has 0 radical (unpaired) electrons. The maximum Gasteiger partial charge on any atom is 0.240 e. The van der Waals surface area contributed by atoms with Crippen molar-refractivity contribution in [1.29, 1.82) is 0 Å². The highest BCUT2D eigenvalue weighted by Crippen LogP contribution is 2.26. The van der Waals surface area contributed by atoms with E-state index in [0.29, 0.717) is 28.8 Å². The van der Waals surface area contributed by atoms with Crippen molar-refractivity contribution >= 4 is 44.2 Å². The topological polar surface area (TPSA) is 57.7 Å². The lowest BCUT2D eigenvalue weighted by molar-refractivity contribution is -0.117. The molecule has 1 aromatic heterocycles. The summed E-state index contributed by atoms with van der Waals surface area (Å²) in [6, 6.07) is 11.8. The van der Waals surface area contributed by atoms with Crippen LogP contribution in [0.4, 0.5) is 9.52 Å². The number of piperazine rings is 1. The van der Waals surface area contributed by atoms with E-state index in [9.17, 15) is 9.18 Å². The Balaban J connectivity index is 1.17. The van der Waals surface area contributed by atoms with Crippen molar-refractivity contribution in [3.8, 4) is 5.75 Å². The molecule has 0 saturated carbocycles. The van der Waals surface area contributed by atoms with E-state index in [4.69, 9.17) is 16.3 Å². The van der Waals surface area contributed by atoms with Gasteiger partial charge in [0.25, 0.3) is 0 Å². The summed E-state index contributed by atoms with van der Waals surface area (Å²) >= 11 is 7.15. The molecule has 1 fully saturated rings. The van der Waals surface area contributed by atoms with Crippen molar-refractivity contribution in [2.75, 3.05) is 51.2 Å². The second-order valence-corrected chi connectivity index (χ2v) is 8.57. The summed E-state index contributed by atoms with van der Waals surface area (Å²) in [5.41, 5.74) is 0.686. The Kier molecular flexibility index (Phi) is 6.79. The van der Waals surface area contributed by atoms with Crippen LogP contribution in [0.3, 0.4) is 0 Å². The molecule has 0 unspecified atom stereocenters. The van der Waals surface area contributed by atoms with Gasteiger partial charge >= 0.3 is 0 Å². The van der Waals surface area contributed by atoms with E-state index in [1.54, 1.807) is 6.07 Å². The van der Waals surface area contributed by atoms with Crippen LogP contribution in [0.25, 0.3) is 10.2 Å². The van der Waals surface area contributed by atoms with E-state index < -0.39 is 0 Å². The zero-order valence-electron chi connectivity index (χ0n) is 16.3. The van der Waals surface area contributed by atoms with Crippen molar-refractivity contribution in [2.24, 2.45) is 0 Å². The Morgan fingerprint density at radius 2 is 1.87 bits per heavy atom. The van der Waals surface area contributed by atoms with Crippen LogP contribution in [0.2, 0.25) is 5.02 Å². The minimum Gasteiger partial charge on any atom is -0.492 e. The van der Waals surface area contributed by atoms with E-state index in [1.807, 2.05) is 24.3 Å². The summed E-state index contributed by atoms with van der Waals surface area (Å²) in [7, 11) is 0. The van der Waals surface area contributed by atoms with Gasteiger partial charge in [0, 0.05) is 37.7 Å². The number of amides is 1. The molecule has 0 bridgehead atoms. The summed E-state index contributed by atoms with van der Waals surface area (Å²) < 4.78 is 19.8. The Labute approximate surface area is 183 Å². The highest BCUT2D eigenvalue weighted by Gasteiger charge is 2.19. The highest BCUT2D eigenvalue weighted by molar-refractivity contribution is 7.22. The lowest BCUT2D eigenvalue weighted by Gasteiger charge is -2.34. The van der Waals surface area contributed by atoms with Gasteiger partial charge in [-0.15, -0.1) is 0 Å². The van der Waals surface area contributed by atoms with Crippen LogP contribution in [0.1, 0.15) is 0 Å². The summed E-state index contributed by atoms with van der Waals surface area (Å²) in [5.74, 6) is 0.404. The van der Waals surface area contributed by atoms with Crippen LogP contribution < -0.4 is 10.1 Å². The molecule has 1 aliphatic heterocycles. The lowest BCUT2D eigenvalue weighted by atomic mass is 10.3. The van der Waals surface area contributed by atoms with Gasteiger partial charge < -0.3 is 10.1 Å². The number of anilines is 1. The Morgan fingerprint density at radius 1 is 1.13 bits per heavy atom. The number of carbonyl (C=O) groups excluding carboxylic acids is 1. The van der Waals surface area contributed by atoms with Gasteiger partial charge in [-0.2, -0.15) is 0 Å². The number of ether oxygens (including phenoxy) is 1. The first-order chi connectivity index (χ1) is 14.5. The smallest absolute Gasteiger partial charge is 0.240 e. The third kappa shape index (κ3) is 5.66. The average molecular weight is 449 g/mol. The van der Waals surface area contributed by atoms with Crippen LogP contribution in [-0.4, -0.2) is 66.6 Å². The van der Waals surface area contributed by atoms with Crippen molar-refractivity contribution < 1.29 is 13.9 Å². The van der Waals surface area contributed by atoms with E-state index >= 15 is 0 Å². The first kappa shape index (κ1) is 21.0. The fourth-order valence-electron chi connectivity index (χ4n) is 3.31. The molecule has 3 aromatic rings. The standard InChI is InChI=1S/C21H22ClFN4O2S/c22-15-1-4-17(5-2-15)29-12-11-26-7-9-27(10-8-26)14-20(28)25-21-24-18-6-3-16(23)13-19(18)30-21/h1-6,13H,7-12,14H2,(H,24,25,28). The van der Waals surface area contributed by atoms with Crippen molar-refractivity contribution in [1.82, 2.24) is 14.8 Å². The third-order valence-corrected chi connectivity index (χ3v) is 6.10. The van der Waals surface area contributed by atoms with Gasteiger partial charge in [0.15, 0.2) is 5.13 Å². The second-order valence-electron chi connectivity index (χ2n) is 7.10. The Bertz CT molecular complexity index is 1010. The van der Waals surface area contributed by atoms with E-state index in [1.165, 1.54) is 23.5 Å². The van der Waals surface area contributed by atoms with E-state index in [2.05, 4.69) is 20.1 Å². The first-order valence-electron chi connectivity index (χ1n) is 9.74. The first-order valence-corrected chi connectivity index (χ1v) is 10.9. The maximum atomic E-state index is 13.3. The molecule has 2 heterocycles. The van der Waals surface area contributed by atoms with Crippen molar-refractivity contribution in [3.63, 3.8) is 0 Å². The van der Waals surface area contributed by atoms with Crippen molar-refractivity contribution in [2.45, 2.75) is 0 Å². The number of aromatic nitrogens is 1. The summed E-state index contributed by atoms with van der Waals surface area (Å²) in [6.07, 6.45) is 0. The van der Waals surface area contributed by atoms with Crippen LogP contribution in [0, 0.1) is 5.82 Å². The van der Waals surface area contributed by atoms with Gasteiger partial charge in [-0.05, 0) is 42.5 Å². The number of nitrogens with zero attached hydrogens (tertiary/aromatic N) is 3. The normalized spacial score (nSPS) is 15.4. The number of nitrogens with one attached hydrogen (secondary N) is 1. The molecule has 0 aliphatic carbocycles. The predicted octanol–water partition coefficient (Wildman–Crippen LogP) is 3.72. The van der Waals surface area contributed by atoms with Gasteiger partial charge in [0.1, 0.15) is 18.2 Å². The zero-order chi connectivity index (χ0) is 20.9. The van der Waals surface area contributed by atoms with Gasteiger partial charge in [0.2, 0.25) is 5.91 Å². The summed E-state index contributed by atoms with van der Waals surface area (Å²) in [5, 5.41) is 4.02. The molecule has 6 nitrogen and oxygen atoms in total. The molecule has 4 rings (SSSR count). The molecular weight excluding hydrogens is 427 g/mol. The Morgan fingerprint density at radius 3 is 2.63 bits per heavy atom. The largest absolute Gasteiger partial charge is 0.492 e. The molecule has 0 spiro atoms. The zero-order valence-corrected chi connectivity index (χ0v) is 17.9. The molecule has 1 amide bonds. The van der Waals surface area contributed by atoms with Gasteiger partial charge in [0.05, 0.1) is 16.8 Å². The van der Waals surface area contributed by atoms with Crippen LogP contribution in [0.5, 0.6) is 5.75 Å². The molecule has 1 saturated heterocycles. The van der Waals surface area contributed by atoms with Gasteiger partial charge in [-0.3, -0.25) is 14.6 Å². The molecule has 1 aliphatic rings. The number of rotatable bonds is 7. The molecule has 0 atom stereocenters. The van der Waals surface area contributed by atoms with Crippen molar-refractivity contribution in [3.05, 3.63) is 53.3 Å². The monoisotopic (exact) mass is 448 g/mol. The molecular formula is C21H22ClFN4O2S. The number of hydrogen-bond donors (Lipinski definition) is 1. The molecule has 158 valence electrons. The minimum absolute atomic E-state index is 0.103. The van der Waals surface area contributed by atoms with E-state index in [-0.39, 0.29) is 11.7 Å². The maximum absolute atomic E-state index is 13.3. The van der Waals surface area contributed by atoms with E-state index in [0.717, 1.165) is 43.2 Å². The van der Waals surface area contributed by atoms with Crippen LogP contribution >= 0.6 is 22.9 Å². The van der Waals surface area contributed by atoms with Crippen LogP contribution in [-0.2, 0) is 4.79 Å². The average Bonchev–Trinajstić information content (AvgIpc) is 3.12. The fraction of sp³-hybridized carbons (Fsp3) is 0.333. The summed E-state index contributed by atoms with van der Waals surface area (Å²) in [4.78, 5) is 21.1. The van der Waals surface area contributed by atoms with Gasteiger partial charge in [-0.25, -0.2) is 9.37 Å². The molecule has 30 heavy (non-hydrogen) atoms. The third-order valence-electron chi connectivity index (χ3n) is 4.92. The molecule has 9 heteroatoms. The second kappa shape index (κ2) is 9.70. The Hall–Kier alpha value is -2.26. The molecule has 1 N–H and O–H groups in total. The number of hydrogen-bond acceptors (Lipinski definition) is 6. The number of fused-ring (bicyclic) bond motifs is 1. The predicted molar refractivity (Wildman–Crippen MR) is 118 cm³/mol. The SMILES string of the molecule is O=C(CN1CCN(CCOc2ccc(Cl)cc2)CC1)Nc1nc2ccc(F)cc2s1. The number of benzene rings is 2. The number of carbonyl (C=O) groups is 1. The summed E-state index contributed by atoms with van der Waals surface area (Å²) in [6.45, 7) is 5.18. The quantitative estimate of drug-likeness (QED) is 0.597. The van der Waals surface area contributed by atoms with Gasteiger partial charge in [-0.1, -0.05) is 22.9 Å². The lowest BCUT2D eigenvalue weighted by Crippen LogP contribution is -2.49.